The van der Waals surface area contributed by atoms with Crippen LogP contribution in [0.4, 0.5) is 9.52 Å². The Morgan fingerprint density at radius 3 is 2.64 bits per heavy atom. The lowest BCUT2D eigenvalue weighted by Crippen LogP contribution is -3.06. The molecular weight excluding hydrogens is 337 g/mol. The van der Waals surface area contributed by atoms with Gasteiger partial charge >= 0.3 is 0 Å². The number of hydrogen-bond acceptors (Lipinski definition) is 3. The summed E-state index contributed by atoms with van der Waals surface area (Å²) in [7, 11) is 4.07. The predicted molar refractivity (Wildman–Crippen MR) is 100 cm³/mol. The summed E-state index contributed by atoms with van der Waals surface area (Å²) in [4.78, 5) is 20.4. The van der Waals surface area contributed by atoms with E-state index < -0.39 is 0 Å². The van der Waals surface area contributed by atoms with Crippen molar-refractivity contribution in [2.24, 2.45) is 0 Å². The molecule has 1 aromatic heterocycles. The molecule has 0 fully saturated rings. The first-order chi connectivity index (χ1) is 12.0. The largest absolute Gasteiger partial charge is 0.338 e. The molecule has 0 aliphatic carbocycles. The number of hydrogen-bond donors (Lipinski definition) is 1. The smallest absolute Gasteiger partial charge is 0.260 e. The number of nitrogens with zero attached hydrogens (tertiary/aromatic N) is 2. The van der Waals surface area contributed by atoms with E-state index in [9.17, 15) is 9.18 Å². The van der Waals surface area contributed by atoms with Crippen LogP contribution < -0.4 is 9.80 Å². The first-order valence-corrected chi connectivity index (χ1v) is 9.00. The van der Waals surface area contributed by atoms with E-state index >= 15 is 0 Å². The Morgan fingerprint density at radius 1 is 1.20 bits per heavy atom. The maximum atomic E-state index is 14.0. The molecule has 0 aliphatic heterocycles. The molecule has 6 heteroatoms. The Balaban J connectivity index is 2.03. The third-order valence-corrected chi connectivity index (χ3v) is 5.09. The van der Waals surface area contributed by atoms with Gasteiger partial charge in [0.05, 0.1) is 31.9 Å². The average Bonchev–Trinajstić information content (AvgIpc) is 3.00. The van der Waals surface area contributed by atoms with Crippen molar-refractivity contribution in [2.45, 2.75) is 6.92 Å². The fourth-order valence-corrected chi connectivity index (χ4v) is 3.60. The molecule has 0 unspecified atom stereocenters. The number of nitrogens with one attached hydrogen (secondary N) is 1. The number of halogens is 1. The number of anilines is 1. The summed E-state index contributed by atoms with van der Waals surface area (Å²) in [6, 6.07) is 12.4. The van der Waals surface area contributed by atoms with Gasteiger partial charge in [0.25, 0.3) is 5.91 Å². The average molecular weight is 358 g/mol. The molecule has 0 saturated heterocycles. The molecule has 4 nitrogen and oxygen atoms in total. The zero-order valence-corrected chi connectivity index (χ0v) is 15.4. The highest BCUT2D eigenvalue weighted by molar-refractivity contribution is 7.22. The molecule has 2 aromatic carbocycles. The molecule has 1 heterocycles. The second-order valence-electron chi connectivity index (χ2n) is 6.31. The lowest BCUT2D eigenvalue weighted by molar-refractivity contribution is -0.856. The summed E-state index contributed by atoms with van der Waals surface area (Å²) in [6.07, 6.45) is 0. The van der Waals surface area contributed by atoms with Crippen LogP contribution in [-0.4, -0.2) is 38.1 Å². The number of aromatic nitrogens is 1. The fourth-order valence-electron chi connectivity index (χ4n) is 2.60. The minimum Gasteiger partial charge on any atom is -0.338 e. The zero-order chi connectivity index (χ0) is 18.0. The van der Waals surface area contributed by atoms with Gasteiger partial charge in [-0.15, -0.1) is 0 Å². The molecule has 0 radical (unpaired) electrons. The lowest BCUT2D eigenvalue weighted by Gasteiger charge is -2.21. The van der Waals surface area contributed by atoms with Gasteiger partial charge in [0.15, 0.2) is 5.13 Å². The molecule has 3 aromatic rings. The van der Waals surface area contributed by atoms with Crippen LogP contribution in [0.1, 0.15) is 15.9 Å². The third-order valence-electron chi connectivity index (χ3n) is 4.05. The Morgan fingerprint density at radius 2 is 1.96 bits per heavy atom. The van der Waals surface area contributed by atoms with Gasteiger partial charge in [0, 0.05) is 5.56 Å². The van der Waals surface area contributed by atoms with Crippen molar-refractivity contribution in [1.29, 1.82) is 0 Å². The number of aryl methyl sites for hydroxylation is 1. The summed E-state index contributed by atoms with van der Waals surface area (Å²) in [5, 5.41) is 0.537. The number of carbonyl (C=O) groups excluding carboxylic acids is 1. The topological polar surface area (TPSA) is 37.6 Å². The van der Waals surface area contributed by atoms with Crippen molar-refractivity contribution in [3.63, 3.8) is 0 Å². The van der Waals surface area contributed by atoms with Crippen LogP contribution in [-0.2, 0) is 0 Å². The summed E-state index contributed by atoms with van der Waals surface area (Å²) in [5.41, 5.74) is 1.89. The van der Waals surface area contributed by atoms with E-state index in [0.717, 1.165) is 16.8 Å². The molecule has 0 spiro atoms. The molecule has 130 valence electrons. The molecule has 3 rings (SSSR count). The van der Waals surface area contributed by atoms with E-state index in [2.05, 4.69) is 4.98 Å². The second kappa shape index (κ2) is 7.29. The van der Waals surface area contributed by atoms with Gasteiger partial charge < -0.3 is 4.90 Å². The van der Waals surface area contributed by atoms with Gasteiger partial charge in [-0.05, 0) is 30.7 Å². The monoisotopic (exact) mass is 358 g/mol. The molecule has 0 bridgehead atoms. The Hall–Kier alpha value is -2.31. The van der Waals surface area contributed by atoms with E-state index in [0.29, 0.717) is 22.8 Å². The van der Waals surface area contributed by atoms with Crippen molar-refractivity contribution < 1.29 is 14.1 Å². The van der Waals surface area contributed by atoms with Crippen molar-refractivity contribution >= 4 is 32.6 Å². The highest BCUT2D eigenvalue weighted by Gasteiger charge is 2.23. The minimum atomic E-state index is -0.360. The summed E-state index contributed by atoms with van der Waals surface area (Å²) >= 11 is 1.34. The number of quaternary nitrogens is 1. The molecule has 0 saturated carbocycles. The SMILES string of the molecule is Cc1ccccc1C(=O)N(CC[NH+](C)C)c1nc2c(F)cccc2s1. The lowest BCUT2D eigenvalue weighted by atomic mass is 10.1. The van der Waals surface area contributed by atoms with Crippen molar-refractivity contribution in [3.05, 3.63) is 59.4 Å². The third kappa shape index (κ3) is 3.70. The molecular formula is C19H21FN3OS+. The normalized spacial score (nSPS) is 11.2. The van der Waals surface area contributed by atoms with Crippen LogP contribution in [0.15, 0.2) is 42.5 Å². The van der Waals surface area contributed by atoms with Crippen LogP contribution in [0.2, 0.25) is 0 Å². The Labute approximate surface area is 150 Å². The number of para-hydroxylation sites is 1. The number of fused-ring (bicyclic) bond motifs is 1. The molecule has 1 amide bonds. The molecule has 25 heavy (non-hydrogen) atoms. The highest BCUT2D eigenvalue weighted by Crippen LogP contribution is 2.31. The number of likely N-dealkylation sites (N-methyl/N-ethyl adjacent to an activating group) is 1. The van der Waals surface area contributed by atoms with Crippen molar-refractivity contribution in [1.82, 2.24) is 4.98 Å². The van der Waals surface area contributed by atoms with Crippen LogP contribution in [0.3, 0.4) is 0 Å². The number of amides is 1. The standard InChI is InChI=1S/C19H20FN3OS/c1-13-7-4-5-8-14(13)18(24)23(12-11-22(2)3)19-21-17-15(20)9-6-10-16(17)25-19/h4-10H,11-12H2,1-3H3/p+1. The van der Waals surface area contributed by atoms with Gasteiger partial charge in [-0.1, -0.05) is 35.6 Å². The highest BCUT2D eigenvalue weighted by atomic mass is 32.1. The number of carbonyl (C=O) groups is 1. The summed E-state index contributed by atoms with van der Waals surface area (Å²) in [6.45, 7) is 3.22. The predicted octanol–water partition coefficient (Wildman–Crippen LogP) is 2.54. The number of benzene rings is 2. The van der Waals surface area contributed by atoms with Gasteiger partial charge in [-0.2, -0.15) is 0 Å². The first kappa shape index (κ1) is 17.5. The van der Waals surface area contributed by atoms with Gasteiger partial charge in [0.1, 0.15) is 11.3 Å². The van der Waals surface area contributed by atoms with Gasteiger partial charge in [-0.3, -0.25) is 9.69 Å². The zero-order valence-electron chi connectivity index (χ0n) is 14.5. The summed E-state index contributed by atoms with van der Waals surface area (Å²) < 4.78 is 14.7. The minimum absolute atomic E-state index is 0.0983. The van der Waals surface area contributed by atoms with E-state index in [4.69, 9.17) is 0 Å². The maximum Gasteiger partial charge on any atom is 0.260 e. The van der Waals surface area contributed by atoms with Crippen LogP contribution >= 0.6 is 11.3 Å². The van der Waals surface area contributed by atoms with Crippen LogP contribution in [0.25, 0.3) is 10.2 Å². The van der Waals surface area contributed by atoms with E-state index in [1.165, 1.54) is 22.3 Å². The summed E-state index contributed by atoms with van der Waals surface area (Å²) in [5.74, 6) is -0.458. The van der Waals surface area contributed by atoms with Crippen molar-refractivity contribution in [3.8, 4) is 0 Å². The van der Waals surface area contributed by atoms with Crippen LogP contribution in [0.5, 0.6) is 0 Å². The molecule has 0 atom stereocenters. The quantitative estimate of drug-likeness (QED) is 0.761. The van der Waals surface area contributed by atoms with Crippen LogP contribution in [0, 0.1) is 12.7 Å². The number of rotatable bonds is 5. The Kier molecular flexibility index (Phi) is 5.11. The first-order valence-electron chi connectivity index (χ1n) is 8.19. The van der Waals surface area contributed by atoms with Gasteiger partial charge in [-0.25, -0.2) is 9.37 Å². The van der Waals surface area contributed by atoms with Gasteiger partial charge in [0.2, 0.25) is 0 Å². The van der Waals surface area contributed by atoms with Crippen molar-refractivity contribution in [2.75, 3.05) is 32.1 Å². The molecule has 0 aliphatic rings. The second-order valence-corrected chi connectivity index (χ2v) is 7.32. The van der Waals surface area contributed by atoms with E-state index in [1.807, 2.05) is 51.4 Å². The molecule has 1 N–H and O–H groups in total. The number of thiazole rings is 1. The van der Waals surface area contributed by atoms with E-state index in [-0.39, 0.29) is 11.7 Å². The Bertz CT molecular complexity index is 907. The fraction of sp³-hybridized carbons (Fsp3) is 0.263. The van der Waals surface area contributed by atoms with E-state index in [1.54, 1.807) is 11.0 Å². The maximum absolute atomic E-state index is 14.0.